The van der Waals surface area contributed by atoms with Crippen molar-refractivity contribution in [3.05, 3.63) is 54.4 Å². The van der Waals surface area contributed by atoms with Gasteiger partial charge in [0, 0.05) is 30.7 Å². The fourth-order valence-electron chi connectivity index (χ4n) is 2.00. The summed E-state index contributed by atoms with van der Waals surface area (Å²) in [5.74, 6) is -0.309. The number of nitrogens with zero attached hydrogens (tertiary/aromatic N) is 3. The van der Waals surface area contributed by atoms with Crippen molar-refractivity contribution in [2.24, 2.45) is 5.73 Å². The van der Waals surface area contributed by atoms with Gasteiger partial charge in [-0.05, 0) is 24.3 Å². The highest BCUT2D eigenvalue weighted by molar-refractivity contribution is 5.66. The highest BCUT2D eigenvalue weighted by atomic mass is 19.1. The Labute approximate surface area is 103 Å². The minimum absolute atomic E-state index is 0.294. The van der Waals surface area contributed by atoms with Crippen molar-refractivity contribution in [1.29, 1.82) is 0 Å². The lowest BCUT2D eigenvalue weighted by Gasteiger charge is -2.01. The van der Waals surface area contributed by atoms with Gasteiger partial charge >= 0.3 is 0 Å². The third-order valence-corrected chi connectivity index (χ3v) is 2.83. The third-order valence-electron chi connectivity index (χ3n) is 2.83. The fraction of sp³-hybridized carbons (Fsp3) is 0.0769. The average molecular weight is 242 g/mol. The predicted molar refractivity (Wildman–Crippen MR) is 66.3 cm³/mol. The Balaban J connectivity index is 2.30. The molecule has 0 atom stereocenters. The summed E-state index contributed by atoms with van der Waals surface area (Å²) in [5.41, 5.74) is 8.92. The number of imidazole rings is 1. The number of hydrogen-bond donors (Lipinski definition) is 1. The first-order valence-electron chi connectivity index (χ1n) is 5.56. The third kappa shape index (κ3) is 1.65. The number of rotatable bonds is 2. The van der Waals surface area contributed by atoms with Gasteiger partial charge in [0.1, 0.15) is 11.5 Å². The summed E-state index contributed by atoms with van der Waals surface area (Å²) < 4.78 is 15.0. The highest BCUT2D eigenvalue weighted by Crippen LogP contribution is 2.23. The lowest BCUT2D eigenvalue weighted by molar-refractivity contribution is 0.618. The zero-order chi connectivity index (χ0) is 12.5. The number of hydrogen-bond acceptors (Lipinski definition) is 3. The molecule has 0 bridgehead atoms. The summed E-state index contributed by atoms with van der Waals surface area (Å²) in [6.07, 6.45) is 4.79. The maximum absolute atomic E-state index is 13.3. The van der Waals surface area contributed by atoms with Gasteiger partial charge < -0.3 is 5.73 Å². The van der Waals surface area contributed by atoms with Crippen molar-refractivity contribution in [2.75, 3.05) is 0 Å². The molecule has 3 aromatic rings. The van der Waals surface area contributed by atoms with Crippen molar-refractivity contribution < 1.29 is 4.39 Å². The van der Waals surface area contributed by atoms with Gasteiger partial charge in [0.25, 0.3) is 0 Å². The molecule has 0 saturated heterocycles. The van der Waals surface area contributed by atoms with E-state index in [1.807, 2.05) is 12.1 Å². The van der Waals surface area contributed by atoms with Gasteiger partial charge in [-0.1, -0.05) is 0 Å². The van der Waals surface area contributed by atoms with Gasteiger partial charge in [-0.15, -0.1) is 0 Å². The van der Waals surface area contributed by atoms with Gasteiger partial charge in [-0.2, -0.15) is 0 Å². The second-order valence-electron chi connectivity index (χ2n) is 3.92. The van der Waals surface area contributed by atoms with Crippen LogP contribution in [0.1, 0.15) is 5.69 Å². The van der Waals surface area contributed by atoms with E-state index < -0.39 is 0 Å². The Hall–Kier alpha value is -2.27. The van der Waals surface area contributed by atoms with Gasteiger partial charge in [0.2, 0.25) is 0 Å². The van der Waals surface area contributed by atoms with Crippen LogP contribution in [-0.2, 0) is 6.54 Å². The summed E-state index contributed by atoms with van der Waals surface area (Å²) in [6.45, 7) is 0.294. The fourth-order valence-corrected chi connectivity index (χ4v) is 2.00. The van der Waals surface area contributed by atoms with Crippen LogP contribution in [0.15, 0.2) is 42.9 Å². The number of pyridine rings is 2. The molecule has 0 aliphatic carbocycles. The highest BCUT2D eigenvalue weighted by Gasteiger charge is 2.12. The second kappa shape index (κ2) is 4.19. The lowest BCUT2D eigenvalue weighted by atomic mass is 10.1. The molecule has 4 nitrogen and oxygen atoms in total. The molecule has 2 N–H and O–H groups in total. The Kier molecular flexibility index (Phi) is 2.53. The van der Waals surface area contributed by atoms with Crippen molar-refractivity contribution in [3.63, 3.8) is 0 Å². The van der Waals surface area contributed by atoms with E-state index >= 15 is 0 Å². The molecule has 18 heavy (non-hydrogen) atoms. The molecule has 0 unspecified atom stereocenters. The molecule has 3 aromatic heterocycles. The minimum Gasteiger partial charge on any atom is -0.325 e. The van der Waals surface area contributed by atoms with Crippen molar-refractivity contribution in [1.82, 2.24) is 14.4 Å². The summed E-state index contributed by atoms with van der Waals surface area (Å²) in [7, 11) is 0. The number of aromatic nitrogens is 3. The minimum atomic E-state index is -0.309. The van der Waals surface area contributed by atoms with Crippen LogP contribution in [-0.4, -0.2) is 14.4 Å². The quantitative estimate of drug-likeness (QED) is 0.747. The second-order valence-corrected chi connectivity index (χ2v) is 3.92. The van der Waals surface area contributed by atoms with Crippen molar-refractivity contribution >= 4 is 5.65 Å². The summed E-state index contributed by atoms with van der Waals surface area (Å²) in [4.78, 5) is 8.45. The van der Waals surface area contributed by atoms with Gasteiger partial charge in [-0.3, -0.25) is 9.38 Å². The van der Waals surface area contributed by atoms with E-state index in [2.05, 4.69) is 9.97 Å². The molecule has 0 aliphatic heterocycles. The zero-order valence-corrected chi connectivity index (χ0v) is 9.55. The molecule has 0 fully saturated rings. The normalized spacial score (nSPS) is 11.0. The Bertz CT molecular complexity index is 691. The maximum Gasteiger partial charge on any atom is 0.139 e. The molecular formula is C13H11FN4. The number of nitrogens with two attached hydrogens (primary N) is 1. The SMILES string of the molecule is NCc1c(-c2ccncc2)nc2ccc(F)cn12. The van der Waals surface area contributed by atoms with Crippen LogP contribution >= 0.6 is 0 Å². The topological polar surface area (TPSA) is 56.2 Å². The standard InChI is InChI=1S/C13H11FN4/c14-10-1-2-12-17-13(9-3-5-16-6-4-9)11(7-15)18(12)8-10/h1-6,8H,7,15H2. The van der Waals surface area contributed by atoms with E-state index in [-0.39, 0.29) is 5.82 Å². The van der Waals surface area contributed by atoms with Gasteiger partial charge in [0.15, 0.2) is 0 Å². The van der Waals surface area contributed by atoms with Gasteiger partial charge in [-0.25, -0.2) is 9.37 Å². The monoisotopic (exact) mass is 242 g/mol. The Morgan fingerprint density at radius 1 is 1.17 bits per heavy atom. The predicted octanol–water partition coefficient (Wildman–Crippen LogP) is 1.99. The summed E-state index contributed by atoms with van der Waals surface area (Å²) in [6, 6.07) is 6.74. The molecule has 0 radical (unpaired) electrons. The van der Waals surface area contributed by atoms with E-state index in [0.29, 0.717) is 12.2 Å². The van der Waals surface area contributed by atoms with Crippen LogP contribution in [0.2, 0.25) is 0 Å². The molecule has 0 spiro atoms. The zero-order valence-electron chi connectivity index (χ0n) is 9.55. The van der Waals surface area contributed by atoms with Crippen LogP contribution in [0.5, 0.6) is 0 Å². The first-order valence-corrected chi connectivity index (χ1v) is 5.56. The smallest absolute Gasteiger partial charge is 0.139 e. The van der Waals surface area contributed by atoms with Crippen LogP contribution in [0.25, 0.3) is 16.9 Å². The number of fused-ring (bicyclic) bond motifs is 1. The van der Waals surface area contributed by atoms with E-state index in [4.69, 9.17) is 5.73 Å². The van der Waals surface area contributed by atoms with Crippen LogP contribution in [0.3, 0.4) is 0 Å². The van der Waals surface area contributed by atoms with Gasteiger partial charge in [0.05, 0.1) is 11.4 Å². The van der Waals surface area contributed by atoms with Crippen LogP contribution < -0.4 is 5.73 Å². The molecule has 3 heterocycles. The van der Waals surface area contributed by atoms with E-state index in [1.165, 1.54) is 12.3 Å². The first kappa shape index (κ1) is 10.9. The lowest BCUT2D eigenvalue weighted by Crippen LogP contribution is -2.02. The largest absolute Gasteiger partial charge is 0.325 e. The van der Waals surface area contributed by atoms with Crippen molar-refractivity contribution in [3.8, 4) is 11.3 Å². The Morgan fingerprint density at radius 2 is 1.94 bits per heavy atom. The Morgan fingerprint density at radius 3 is 2.67 bits per heavy atom. The molecule has 0 amide bonds. The molecule has 0 aromatic carbocycles. The summed E-state index contributed by atoms with van der Waals surface area (Å²) in [5, 5.41) is 0. The molecule has 5 heteroatoms. The molecule has 0 aliphatic rings. The van der Waals surface area contributed by atoms with Crippen molar-refractivity contribution in [2.45, 2.75) is 6.54 Å². The molecule has 90 valence electrons. The van der Waals surface area contributed by atoms with Crippen LogP contribution in [0.4, 0.5) is 4.39 Å². The maximum atomic E-state index is 13.3. The number of halogens is 1. The van der Waals surface area contributed by atoms with E-state index in [1.54, 1.807) is 22.9 Å². The van der Waals surface area contributed by atoms with E-state index in [0.717, 1.165) is 17.0 Å². The summed E-state index contributed by atoms with van der Waals surface area (Å²) >= 11 is 0. The molecule has 3 rings (SSSR count). The molecule has 0 saturated carbocycles. The first-order chi connectivity index (χ1) is 8.79. The van der Waals surface area contributed by atoms with E-state index in [9.17, 15) is 4.39 Å². The van der Waals surface area contributed by atoms with Crippen LogP contribution in [0, 0.1) is 5.82 Å². The molecular weight excluding hydrogens is 231 g/mol. The average Bonchev–Trinajstić information content (AvgIpc) is 2.77.